The Morgan fingerprint density at radius 2 is 1.58 bits per heavy atom. The lowest BCUT2D eigenvalue weighted by atomic mass is 9.92. The summed E-state index contributed by atoms with van der Waals surface area (Å²) in [6, 6.07) is 6.91. The summed E-state index contributed by atoms with van der Waals surface area (Å²) in [5, 5.41) is 18.6. The molecule has 4 rings (SSSR count). The molecular weight excluding hydrogens is 528 g/mol. The Balaban J connectivity index is 0.000000301. The minimum Gasteiger partial charge on any atom is -0.475 e. The summed E-state index contributed by atoms with van der Waals surface area (Å²) >= 11 is 0. The number of carboxylic acid groups (broad SMARTS) is 2. The van der Waals surface area contributed by atoms with Crippen LogP contribution < -0.4 is 0 Å². The van der Waals surface area contributed by atoms with Crippen LogP contribution in [0.5, 0.6) is 0 Å². The van der Waals surface area contributed by atoms with Crippen LogP contribution in [0.2, 0.25) is 0 Å². The lowest BCUT2D eigenvalue weighted by Crippen LogP contribution is -2.48. The second-order valence-corrected chi connectivity index (χ2v) is 8.76. The second kappa shape index (κ2) is 12.3. The highest BCUT2D eigenvalue weighted by atomic mass is 19.4. The number of carbonyl (C=O) groups is 3. The van der Waals surface area contributed by atoms with Gasteiger partial charge in [0.25, 0.3) is 5.91 Å². The van der Waals surface area contributed by atoms with Crippen LogP contribution in [0.15, 0.2) is 36.8 Å². The first-order chi connectivity index (χ1) is 17.5. The molecule has 3 atom stereocenters. The molecule has 1 amide bonds. The van der Waals surface area contributed by atoms with Crippen LogP contribution in [0.1, 0.15) is 23.3 Å². The molecule has 4 heterocycles. The van der Waals surface area contributed by atoms with E-state index in [2.05, 4.69) is 17.0 Å². The van der Waals surface area contributed by atoms with Crippen LogP contribution in [0, 0.1) is 5.92 Å². The van der Waals surface area contributed by atoms with Crippen LogP contribution in [-0.4, -0.2) is 96.8 Å². The zero-order valence-electron chi connectivity index (χ0n) is 20.4. The molecule has 38 heavy (non-hydrogen) atoms. The lowest BCUT2D eigenvalue weighted by Gasteiger charge is -2.37. The van der Waals surface area contributed by atoms with Crippen molar-refractivity contribution in [2.24, 2.45) is 13.0 Å². The van der Waals surface area contributed by atoms with Gasteiger partial charge < -0.3 is 19.7 Å². The molecule has 2 aromatic heterocycles. The van der Waals surface area contributed by atoms with Crippen LogP contribution in [0.4, 0.5) is 26.3 Å². The van der Waals surface area contributed by atoms with Crippen molar-refractivity contribution in [3.8, 4) is 0 Å². The highest BCUT2D eigenvalue weighted by Gasteiger charge is 2.43. The molecule has 0 aromatic carbocycles. The lowest BCUT2D eigenvalue weighted by molar-refractivity contribution is -0.193. The number of aryl methyl sites for hydroxylation is 1. The van der Waals surface area contributed by atoms with Crippen LogP contribution in [0.3, 0.4) is 0 Å². The van der Waals surface area contributed by atoms with Gasteiger partial charge in [0, 0.05) is 50.8 Å². The molecule has 2 aliphatic heterocycles. The third-order valence-corrected chi connectivity index (χ3v) is 6.26. The van der Waals surface area contributed by atoms with Crippen molar-refractivity contribution < 1.29 is 50.9 Å². The van der Waals surface area contributed by atoms with Crippen LogP contribution >= 0.6 is 0 Å². The summed E-state index contributed by atoms with van der Waals surface area (Å²) < 4.78 is 67.4. The molecule has 16 heteroatoms. The summed E-state index contributed by atoms with van der Waals surface area (Å²) in [7, 11) is 4.16. The van der Waals surface area contributed by atoms with E-state index in [0.717, 1.165) is 38.2 Å². The number of aromatic nitrogens is 3. The topological polar surface area (TPSA) is 121 Å². The van der Waals surface area contributed by atoms with E-state index in [9.17, 15) is 31.1 Å². The average molecular weight is 555 g/mol. The first-order valence-electron chi connectivity index (χ1n) is 11.2. The second-order valence-electron chi connectivity index (χ2n) is 8.76. The Morgan fingerprint density at radius 1 is 1.00 bits per heavy atom. The number of carbonyl (C=O) groups excluding carboxylic acids is 1. The molecule has 2 aliphatic rings. The molecular formula is C22H27F6N5O5. The smallest absolute Gasteiger partial charge is 0.475 e. The number of hydrogen-bond acceptors (Lipinski definition) is 5. The van der Waals surface area contributed by atoms with Crippen molar-refractivity contribution >= 4 is 17.8 Å². The molecule has 0 unspecified atom stereocenters. The summed E-state index contributed by atoms with van der Waals surface area (Å²) in [6.07, 6.45) is -2.17. The van der Waals surface area contributed by atoms with E-state index in [4.69, 9.17) is 19.8 Å². The summed E-state index contributed by atoms with van der Waals surface area (Å²) in [6.45, 7) is 2.65. The van der Waals surface area contributed by atoms with Gasteiger partial charge in [0.1, 0.15) is 5.69 Å². The van der Waals surface area contributed by atoms with Crippen molar-refractivity contribution in [3.05, 3.63) is 42.5 Å². The maximum Gasteiger partial charge on any atom is 0.490 e. The van der Waals surface area contributed by atoms with Crippen LogP contribution in [-0.2, 0) is 23.2 Å². The number of nitrogens with zero attached hydrogens (tertiary/aromatic N) is 5. The Labute approximate surface area is 213 Å². The Hall–Kier alpha value is -3.56. The van der Waals surface area contributed by atoms with Gasteiger partial charge in [-0.3, -0.25) is 14.4 Å². The normalized spacial score (nSPS) is 21.5. The van der Waals surface area contributed by atoms with Gasteiger partial charge in [0.05, 0.1) is 6.54 Å². The van der Waals surface area contributed by atoms with E-state index in [1.165, 1.54) is 0 Å². The molecule has 0 saturated carbocycles. The molecule has 0 radical (unpaired) electrons. The van der Waals surface area contributed by atoms with Crippen molar-refractivity contribution in [1.29, 1.82) is 0 Å². The monoisotopic (exact) mass is 555 g/mol. The number of fused-ring (bicyclic) bond motifs is 1. The van der Waals surface area contributed by atoms with Gasteiger partial charge in [-0.1, -0.05) is 0 Å². The first kappa shape index (κ1) is 30.7. The summed E-state index contributed by atoms with van der Waals surface area (Å²) in [4.78, 5) is 35.1. The number of carboxylic acids is 2. The van der Waals surface area contributed by atoms with Crippen molar-refractivity contribution in [1.82, 2.24) is 24.1 Å². The van der Waals surface area contributed by atoms with E-state index < -0.39 is 24.3 Å². The minimum absolute atomic E-state index is 0.166. The summed E-state index contributed by atoms with van der Waals surface area (Å²) in [5.41, 5.74) is 0.785. The number of rotatable bonds is 3. The number of hydrogen-bond donors (Lipinski definition) is 2. The minimum atomic E-state index is -5.08. The molecule has 10 nitrogen and oxygen atoms in total. The van der Waals surface area contributed by atoms with Crippen LogP contribution in [0.25, 0.3) is 0 Å². The highest BCUT2D eigenvalue weighted by Crippen LogP contribution is 2.35. The highest BCUT2D eigenvalue weighted by molar-refractivity contribution is 5.92. The number of piperidine rings is 1. The predicted molar refractivity (Wildman–Crippen MR) is 119 cm³/mol. The average Bonchev–Trinajstić information content (AvgIpc) is 3.54. The third kappa shape index (κ3) is 8.22. The molecule has 0 bridgehead atoms. The maximum atomic E-state index is 12.8. The maximum absolute atomic E-state index is 12.8. The van der Waals surface area contributed by atoms with E-state index >= 15 is 0 Å². The number of aliphatic carboxylic acids is 2. The predicted octanol–water partition coefficient (Wildman–Crippen LogP) is 2.72. The van der Waals surface area contributed by atoms with E-state index in [1.807, 2.05) is 58.0 Å². The number of likely N-dealkylation sites (tertiary alicyclic amines) is 2. The van der Waals surface area contributed by atoms with Gasteiger partial charge in [-0.2, -0.15) is 31.4 Å². The Bertz CT molecular complexity index is 1060. The Morgan fingerprint density at radius 3 is 2.03 bits per heavy atom. The van der Waals surface area contributed by atoms with E-state index in [0.29, 0.717) is 18.0 Å². The molecule has 2 aromatic rings. The number of alkyl halides is 6. The van der Waals surface area contributed by atoms with Crippen molar-refractivity contribution in [2.75, 3.05) is 20.1 Å². The van der Waals surface area contributed by atoms with Gasteiger partial charge in [0.2, 0.25) is 0 Å². The standard InChI is InChI=1S/C18H25N5O.2C2HF3O2/c1-20-8-3-5-17(20)18(24)22-10-6-16-14(12-22)11-15(21(16)2)13-23-9-4-7-19-23;2*3-2(4,5)1(6)7/h3-5,7-9,14-16H,6,10-13H2,1-2H3;2*(H,6,7)/t14-,15+,16+;;/m1../s1. The third-order valence-electron chi connectivity index (χ3n) is 6.26. The zero-order valence-corrected chi connectivity index (χ0v) is 20.4. The van der Waals surface area contributed by atoms with Gasteiger partial charge >= 0.3 is 24.3 Å². The molecule has 2 saturated heterocycles. The summed E-state index contributed by atoms with van der Waals surface area (Å²) in [5.74, 6) is -4.78. The van der Waals surface area contributed by atoms with Gasteiger partial charge in [-0.15, -0.1) is 0 Å². The molecule has 0 aliphatic carbocycles. The van der Waals surface area contributed by atoms with E-state index in [1.54, 1.807) is 0 Å². The van der Waals surface area contributed by atoms with Gasteiger partial charge in [-0.25, -0.2) is 9.59 Å². The number of likely N-dealkylation sites (N-methyl/N-ethyl adjacent to an activating group) is 1. The fourth-order valence-corrected chi connectivity index (χ4v) is 4.43. The fraction of sp³-hybridized carbons (Fsp3) is 0.545. The molecule has 2 fully saturated rings. The molecule has 2 N–H and O–H groups in total. The largest absolute Gasteiger partial charge is 0.490 e. The van der Waals surface area contributed by atoms with Gasteiger partial charge in [0.15, 0.2) is 0 Å². The first-order valence-corrected chi connectivity index (χ1v) is 11.2. The molecule has 212 valence electrons. The molecule has 0 spiro atoms. The zero-order chi connectivity index (χ0) is 28.8. The quantitative estimate of drug-likeness (QED) is 0.559. The number of halogens is 6. The Kier molecular flexibility index (Phi) is 9.94. The number of amides is 1. The fourth-order valence-electron chi connectivity index (χ4n) is 4.43. The SMILES string of the molecule is CN1[C@H](Cn2cccn2)C[C@@H]2CN(C(=O)c3cccn3C)CC[C@@H]21.O=C(O)C(F)(F)F.O=C(O)C(F)(F)F. The van der Waals surface area contributed by atoms with Crippen molar-refractivity contribution in [2.45, 2.75) is 43.8 Å². The van der Waals surface area contributed by atoms with Gasteiger partial charge in [-0.05, 0) is 44.0 Å². The van der Waals surface area contributed by atoms with E-state index in [-0.39, 0.29) is 5.91 Å². The van der Waals surface area contributed by atoms with Crippen molar-refractivity contribution in [3.63, 3.8) is 0 Å².